The van der Waals surface area contributed by atoms with Crippen molar-refractivity contribution in [1.29, 1.82) is 0 Å². The third-order valence-electron chi connectivity index (χ3n) is 3.78. The van der Waals surface area contributed by atoms with Gasteiger partial charge in [-0.2, -0.15) is 0 Å². The summed E-state index contributed by atoms with van der Waals surface area (Å²) in [4.78, 5) is 11.2. The normalized spacial score (nSPS) is 13.8. The zero-order chi connectivity index (χ0) is 14.3. The highest BCUT2D eigenvalue weighted by Crippen LogP contribution is 2.27. The molecule has 1 aliphatic carbocycles. The number of nitrogens with zero attached hydrogens (tertiary/aromatic N) is 3. The molecular weight excluding hydrogens is 254 g/mol. The van der Waals surface area contributed by atoms with Gasteiger partial charge < -0.3 is 5.11 Å². The molecule has 5 heteroatoms. The molecule has 20 heavy (non-hydrogen) atoms. The number of rotatable bonds is 3. The number of benzene rings is 1. The topological polar surface area (TPSA) is 68.0 Å². The van der Waals surface area contributed by atoms with E-state index in [1.54, 1.807) is 4.68 Å². The largest absolute Gasteiger partial charge is 0.476 e. The Bertz CT molecular complexity index is 674. The molecular formula is C15H17N3O2. The van der Waals surface area contributed by atoms with E-state index in [0.29, 0.717) is 5.69 Å². The van der Waals surface area contributed by atoms with Crippen LogP contribution in [0.4, 0.5) is 0 Å². The van der Waals surface area contributed by atoms with Crippen LogP contribution in [0, 0.1) is 0 Å². The summed E-state index contributed by atoms with van der Waals surface area (Å²) in [6.07, 6.45) is 3.40. The first-order valence-corrected chi connectivity index (χ1v) is 6.89. The van der Waals surface area contributed by atoms with Gasteiger partial charge in [-0.25, -0.2) is 9.48 Å². The molecule has 2 aromatic rings. The van der Waals surface area contributed by atoms with Gasteiger partial charge in [-0.15, -0.1) is 5.10 Å². The van der Waals surface area contributed by atoms with Crippen molar-refractivity contribution in [2.75, 3.05) is 0 Å². The van der Waals surface area contributed by atoms with Gasteiger partial charge in [-0.05, 0) is 48.4 Å². The molecule has 0 amide bonds. The number of aromatic nitrogens is 3. The number of hydrogen-bond donors (Lipinski definition) is 1. The number of hydrogen-bond acceptors (Lipinski definition) is 3. The molecule has 1 heterocycles. The van der Waals surface area contributed by atoms with Crippen LogP contribution < -0.4 is 0 Å². The van der Waals surface area contributed by atoms with Gasteiger partial charge in [0.2, 0.25) is 0 Å². The van der Waals surface area contributed by atoms with Crippen LogP contribution in [0.15, 0.2) is 18.2 Å². The lowest BCUT2D eigenvalue weighted by molar-refractivity contribution is 0.0688. The van der Waals surface area contributed by atoms with Gasteiger partial charge in [0.05, 0.1) is 11.4 Å². The number of carbonyl (C=O) groups is 1. The van der Waals surface area contributed by atoms with Crippen LogP contribution in [0.3, 0.4) is 0 Å². The first-order valence-electron chi connectivity index (χ1n) is 6.89. The van der Waals surface area contributed by atoms with Gasteiger partial charge in [-0.3, -0.25) is 0 Å². The Morgan fingerprint density at radius 3 is 2.75 bits per heavy atom. The lowest BCUT2D eigenvalue weighted by Crippen LogP contribution is -2.08. The maximum absolute atomic E-state index is 11.2. The van der Waals surface area contributed by atoms with E-state index in [4.69, 9.17) is 0 Å². The smallest absolute Gasteiger partial charge is 0.358 e. The average Bonchev–Trinajstić information content (AvgIpc) is 3.04. The molecule has 0 spiro atoms. The van der Waals surface area contributed by atoms with Crippen molar-refractivity contribution < 1.29 is 9.90 Å². The SMILES string of the molecule is CC(C)c1c(C(=O)O)nnn1-c1ccc2c(c1)CCC2. The third-order valence-corrected chi connectivity index (χ3v) is 3.78. The number of aryl methyl sites for hydroxylation is 2. The summed E-state index contributed by atoms with van der Waals surface area (Å²) in [6.45, 7) is 3.91. The van der Waals surface area contributed by atoms with Crippen molar-refractivity contribution in [3.63, 3.8) is 0 Å². The van der Waals surface area contributed by atoms with Gasteiger partial charge in [-0.1, -0.05) is 25.1 Å². The van der Waals surface area contributed by atoms with Crippen LogP contribution in [-0.2, 0) is 12.8 Å². The Morgan fingerprint density at radius 2 is 2.05 bits per heavy atom. The molecule has 0 radical (unpaired) electrons. The predicted octanol–water partition coefficient (Wildman–Crippen LogP) is 2.58. The Kier molecular flexibility index (Phi) is 3.04. The number of aromatic carboxylic acids is 1. The second kappa shape index (κ2) is 4.74. The molecule has 1 aliphatic rings. The number of carboxylic acid groups (broad SMARTS) is 1. The van der Waals surface area contributed by atoms with Crippen LogP contribution in [-0.4, -0.2) is 26.1 Å². The predicted molar refractivity (Wildman–Crippen MR) is 74.4 cm³/mol. The fourth-order valence-corrected chi connectivity index (χ4v) is 2.84. The Morgan fingerprint density at radius 1 is 1.30 bits per heavy atom. The van der Waals surface area contributed by atoms with Crippen molar-refractivity contribution in [2.24, 2.45) is 0 Å². The van der Waals surface area contributed by atoms with E-state index in [9.17, 15) is 9.90 Å². The molecule has 1 N–H and O–H groups in total. The van der Waals surface area contributed by atoms with E-state index in [1.165, 1.54) is 17.5 Å². The molecule has 0 atom stereocenters. The first kappa shape index (κ1) is 12.8. The van der Waals surface area contributed by atoms with Crippen molar-refractivity contribution >= 4 is 5.97 Å². The summed E-state index contributed by atoms with van der Waals surface area (Å²) in [5.74, 6) is -0.981. The fourth-order valence-electron chi connectivity index (χ4n) is 2.84. The Hall–Kier alpha value is -2.17. The fraction of sp³-hybridized carbons (Fsp3) is 0.400. The molecule has 0 saturated carbocycles. The minimum absolute atomic E-state index is 0.0421. The molecule has 0 aliphatic heterocycles. The van der Waals surface area contributed by atoms with Crippen LogP contribution in [0.2, 0.25) is 0 Å². The Labute approximate surface area is 117 Å². The molecule has 0 bridgehead atoms. The van der Waals surface area contributed by atoms with Gasteiger partial charge in [0.25, 0.3) is 0 Å². The highest BCUT2D eigenvalue weighted by atomic mass is 16.4. The summed E-state index contributed by atoms with van der Waals surface area (Å²) in [6, 6.07) is 6.22. The third kappa shape index (κ3) is 1.99. The molecule has 0 saturated heterocycles. The van der Waals surface area contributed by atoms with Gasteiger partial charge in [0.1, 0.15) is 0 Å². The zero-order valence-electron chi connectivity index (χ0n) is 11.6. The zero-order valence-corrected chi connectivity index (χ0v) is 11.6. The molecule has 0 unspecified atom stereocenters. The molecule has 5 nitrogen and oxygen atoms in total. The van der Waals surface area contributed by atoms with Crippen molar-refractivity contribution in [3.8, 4) is 5.69 Å². The van der Waals surface area contributed by atoms with Crippen molar-refractivity contribution in [2.45, 2.75) is 39.0 Å². The molecule has 3 rings (SSSR count). The van der Waals surface area contributed by atoms with Crippen LogP contribution >= 0.6 is 0 Å². The highest BCUT2D eigenvalue weighted by molar-refractivity contribution is 5.86. The highest BCUT2D eigenvalue weighted by Gasteiger charge is 2.23. The molecule has 1 aromatic heterocycles. The summed E-state index contributed by atoms with van der Waals surface area (Å²) >= 11 is 0. The monoisotopic (exact) mass is 271 g/mol. The number of fused-ring (bicyclic) bond motifs is 1. The number of carboxylic acids is 1. The van der Waals surface area contributed by atoms with E-state index < -0.39 is 5.97 Å². The van der Waals surface area contributed by atoms with Gasteiger partial charge in [0.15, 0.2) is 5.69 Å². The van der Waals surface area contributed by atoms with E-state index in [0.717, 1.165) is 18.5 Å². The lowest BCUT2D eigenvalue weighted by Gasteiger charge is -2.11. The second-order valence-electron chi connectivity index (χ2n) is 5.50. The van der Waals surface area contributed by atoms with Gasteiger partial charge in [0, 0.05) is 0 Å². The van der Waals surface area contributed by atoms with E-state index in [1.807, 2.05) is 19.9 Å². The van der Waals surface area contributed by atoms with Crippen molar-refractivity contribution in [3.05, 3.63) is 40.7 Å². The molecule has 0 fully saturated rings. The molecule has 1 aromatic carbocycles. The summed E-state index contributed by atoms with van der Waals surface area (Å²) in [7, 11) is 0. The van der Waals surface area contributed by atoms with E-state index >= 15 is 0 Å². The minimum Gasteiger partial charge on any atom is -0.476 e. The van der Waals surface area contributed by atoms with Crippen molar-refractivity contribution in [1.82, 2.24) is 15.0 Å². The summed E-state index contributed by atoms with van der Waals surface area (Å²) < 4.78 is 1.66. The van der Waals surface area contributed by atoms with Gasteiger partial charge >= 0.3 is 5.97 Å². The van der Waals surface area contributed by atoms with E-state index in [-0.39, 0.29) is 11.6 Å². The minimum atomic E-state index is -1.03. The standard InChI is InChI=1S/C15H17N3O2/c1-9(2)14-13(15(19)20)16-17-18(14)12-7-6-10-4-3-5-11(10)8-12/h6-9H,3-5H2,1-2H3,(H,19,20). The quantitative estimate of drug-likeness (QED) is 0.931. The van der Waals surface area contributed by atoms with Crippen LogP contribution in [0.25, 0.3) is 5.69 Å². The van der Waals surface area contributed by atoms with Crippen LogP contribution in [0.5, 0.6) is 0 Å². The van der Waals surface area contributed by atoms with Crippen LogP contribution in [0.1, 0.15) is 53.5 Å². The Balaban J connectivity index is 2.12. The summed E-state index contributed by atoms with van der Waals surface area (Å²) in [5, 5.41) is 17.1. The molecule has 104 valence electrons. The summed E-state index contributed by atoms with van der Waals surface area (Å²) in [5.41, 5.74) is 4.31. The first-order chi connectivity index (χ1) is 9.58. The second-order valence-corrected chi connectivity index (χ2v) is 5.50. The van der Waals surface area contributed by atoms with E-state index in [2.05, 4.69) is 22.4 Å². The maximum Gasteiger partial charge on any atom is 0.358 e. The average molecular weight is 271 g/mol. The maximum atomic E-state index is 11.2. The lowest BCUT2D eigenvalue weighted by atomic mass is 10.1.